The Kier molecular flexibility index (Phi) is 8.89. The Balaban J connectivity index is 1.14. The lowest BCUT2D eigenvalue weighted by molar-refractivity contribution is -0.130. The van der Waals surface area contributed by atoms with Gasteiger partial charge in [-0.05, 0) is 50.7 Å². The summed E-state index contributed by atoms with van der Waals surface area (Å²) in [4.78, 5) is 37.5. The number of nitrogens with one attached hydrogen (secondary N) is 2. The van der Waals surface area contributed by atoms with Gasteiger partial charge in [-0.3, -0.25) is 19.1 Å². The Hall–Kier alpha value is -3.58. The van der Waals surface area contributed by atoms with E-state index in [0.717, 1.165) is 12.8 Å². The smallest absolute Gasteiger partial charge is 0.296 e. The fraction of sp³-hybridized carbons (Fsp3) is 0.600. The summed E-state index contributed by atoms with van der Waals surface area (Å²) in [5.74, 6) is 0.509. The van der Waals surface area contributed by atoms with Crippen molar-refractivity contribution in [3.05, 3.63) is 36.2 Å². The molecule has 11 nitrogen and oxygen atoms in total. The van der Waals surface area contributed by atoms with Crippen molar-refractivity contribution in [2.75, 3.05) is 39.4 Å². The summed E-state index contributed by atoms with van der Waals surface area (Å²) < 4.78 is 41.7. The molecule has 6 rings (SSSR count). The fourth-order valence-electron chi connectivity index (χ4n) is 6.39. The van der Waals surface area contributed by atoms with Crippen LogP contribution in [0.4, 0.5) is 8.78 Å². The van der Waals surface area contributed by atoms with Crippen LogP contribution < -0.4 is 10.6 Å². The zero-order valence-corrected chi connectivity index (χ0v) is 24.4. The van der Waals surface area contributed by atoms with Gasteiger partial charge in [0, 0.05) is 51.1 Å². The summed E-state index contributed by atoms with van der Waals surface area (Å²) in [6.45, 7) is 5.32. The quantitative estimate of drug-likeness (QED) is 0.525. The third-order valence-electron chi connectivity index (χ3n) is 8.82. The molecule has 2 saturated heterocycles. The standard InChI is InChI=1S/C30H39F2N7O4/c1-19(40)37-12-10-21(11-13-37)33-29(41)20-6-8-22(9-7-20)43-26-18-25(35-30(36-26)38-14-16-42-17-15-38)39-24-5-3-2-4-23(24)34-28(39)27(31)32/h2-5,18,20-22,27,30,35H,6-17H2,1H3,(H,33,41). The molecule has 3 fully saturated rings. The maximum absolute atomic E-state index is 14.2. The Morgan fingerprint density at radius 3 is 2.47 bits per heavy atom. The minimum Gasteiger partial charge on any atom is -0.474 e. The molecular weight excluding hydrogens is 560 g/mol. The Morgan fingerprint density at radius 1 is 1.05 bits per heavy atom. The zero-order chi connectivity index (χ0) is 29.9. The molecule has 0 radical (unpaired) electrons. The average Bonchev–Trinajstić information content (AvgIpc) is 3.42. The molecule has 4 aliphatic rings. The fourth-order valence-corrected chi connectivity index (χ4v) is 6.39. The van der Waals surface area contributed by atoms with Crippen LogP contribution in [0.3, 0.4) is 0 Å². The van der Waals surface area contributed by atoms with Crippen molar-refractivity contribution in [3.8, 4) is 0 Å². The summed E-state index contributed by atoms with van der Waals surface area (Å²) in [5.41, 5.74) is 1.05. The number of aromatic nitrogens is 2. The van der Waals surface area contributed by atoms with Crippen LogP contribution in [0, 0.1) is 5.92 Å². The molecule has 1 aromatic heterocycles. The summed E-state index contributed by atoms with van der Waals surface area (Å²) >= 11 is 0. The van der Waals surface area contributed by atoms with Crippen LogP contribution in [-0.4, -0.2) is 94.9 Å². The van der Waals surface area contributed by atoms with E-state index in [-0.39, 0.29) is 35.7 Å². The lowest BCUT2D eigenvalue weighted by atomic mass is 9.86. The molecule has 2 N–H and O–H groups in total. The molecule has 43 heavy (non-hydrogen) atoms. The number of imidazole rings is 1. The first-order valence-electron chi connectivity index (χ1n) is 15.2. The number of rotatable bonds is 6. The Labute approximate surface area is 249 Å². The van der Waals surface area contributed by atoms with E-state index < -0.39 is 12.7 Å². The molecule has 13 heteroatoms. The summed E-state index contributed by atoms with van der Waals surface area (Å²) in [6.07, 6.45) is 2.56. The number of aliphatic imine (C=N–C) groups is 1. The molecule has 1 saturated carbocycles. The molecule has 4 heterocycles. The second kappa shape index (κ2) is 13.0. The van der Waals surface area contributed by atoms with E-state index in [1.807, 2.05) is 4.90 Å². The number of nitrogens with zero attached hydrogens (tertiary/aromatic N) is 5. The molecule has 1 aromatic carbocycles. The number of likely N-dealkylation sites (tertiary alicyclic amines) is 1. The predicted octanol–water partition coefficient (Wildman–Crippen LogP) is 3.09. The minimum absolute atomic E-state index is 0.0695. The molecule has 1 aliphatic carbocycles. The number of halogens is 2. The lowest BCUT2D eigenvalue weighted by Crippen LogP contribution is -2.51. The molecule has 2 aromatic rings. The number of carbonyl (C=O) groups is 2. The highest BCUT2D eigenvalue weighted by Gasteiger charge is 2.33. The Bertz CT molecular complexity index is 1370. The van der Waals surface area contributed by atoms with Gasteiger partial charge in [0.05, 0.1) is 24.2 Å². The number of benzene rings is 1. The first-order valence-corrected chi connectivity index (χ1v) is 15.2. The number of para-hydroxylation sites is 2. The van der Waals surface area contributed by atoms with Gasteiger partial charge in [-0.25, -0.2) is 18.8 Å². The van der Waals surface area contributed by atoms with Gasteiger partial charge in [0.25, 0.3) is 6.43 Å². The summed E-state index contributed by atoms with van der Waals surface area (Å²) in [6, 6.07) is 7.16. The van der Waals surface area contributed by atoms with Crippen LogP contribution >= 0.6 is 0 Å². The molecule has 3 aliphatic heterocycles. The number of carbonyl (C=O) groups excluding carboxylic acids is 2. The normalized spacial score (nSPS) is 25.7. The Morgan fingerprint density at radius 2 is 1.77 bits per heavy atom. The highest BCUT2D eigenvalue weighted by Crippen LogP contribution is 2.30. The second-order valence-electron chi connectivity index (χ2n) is 11.6. The van der Waals surface area contributed by atoms with E-state index in [1.165, 1.54) is 4.57 Å². The molecule has 232 valence electrons. The van der Waals surface area contributed by atoms with E-state index in [4.69, 9.17) is 14.5 Å². The van der Waals surface area contributed by atoms with Crippen LogP contribution in [0.5, 0.6) is 0 Å². The zero-order valence-electron chi connectivity index (χ0n) is 24.4. The number of amides is 2. The number of alkyl halides is 2. The van der Waals surface area contributed by atoms with Gasteiger partial charge in [0.15, 0.2) is 12.1 Å². The van der Waals surface area contributed by atoms with E-state index in [0.29, 0.717) is 87.8 Å². The van der Waals surface area contributed by atoms with Gasteiger partial charge >= 0.3 is 0 Å². The van der Waals surface area contributed by atoms with Crippen molar-refractivity contribution in [1.29, 1.82) is 0 Å². The lowest BCUT2D eigenvalue weighted by Gasteiger charge is -2.36. The average molecular weight is 600 g/mol. The summed E-state index contributed by atoms with van der Waals surface area (Å²) in [7, 11) is 0. The van der Waals surface area contributed by atoms with Crippen LogP contribution in [0.15, 0.2) is 35.3 Å². The van der Waals surface area contributed by atoms with Crippen LogP contribution in [-0.2, 0) is 19.1 Å². The van der Waals surface area contributed by atoms with Gasteiger partial charge in [-0.1, -0.05) is 12.1 Å². The molecule has 0 bridgehead atoms. The van der Waals surface area contributed by atoms with Gasteiger partial charge in [-0.2, -0.15) is 0 Å². The number of fused-ring (bicyclic) bond motifs is 1. The van der Waals surface area contributed by atoms with Crippen molar-refractivity contribution in [2.45, 2.75) is 70.3 Å². The highest BCUT2D eigenvalue weighted by atomic mass is 19.3. The van der Waals surface area contributed by atoms with Crippen LogP contribution in [0.2, 0.25) is 0 Å². The van der Waals surface area contributed by atoms with Crippen LogP contribution in [0.25, 0.3) is 16.9 Å². The third-order valence-corrected chi connectivity index (χ3v) is 8.82. The van der Waals surface area contributed by atoms with Gasteiger partial charge in [0.2, 0.25) is 17.7 Å². The largest absolute Gasteiger partial charge is 0.474 e. The number of hydrogen-bond acceptors (Lipinski definition) is 8. The molecule has 2 amide bonds. The SMILES string of the molecule is CC(=O)N1CCC(NC(=O)C2CCC(OC3=NC(N4CCOCC4)NC(n4c(C(F)F)nc5ccccc54)=C3)CC2)CC1. The van der Waals surface area contributed by atoms with Crippen molar-refractivity contribution in [2.24, 2.45) is 10.9 Å². The molecule has 1 unspecified atom stereocenters. The topological polar surface area (TPSA) is 113 Å². The number of hydrogen-bond donors (Lipinski definition) is 2. The molecule has 1 atom stereocenters. The summed E-state index contributed by atoms with van der Waals surface area (Å²) in [5, 5.41) is 6.52. The number of morpholine rings is 1. The van der Waals surface area contributed by atoms with Gasteiger partial charge in [0.1, 0.15) is 11.9 Å². The van der Waals surface area contributed by atoms with Crippen LogP contribution in [0.1, 0.15) is 57.7 Å². The predicted molar refractivity (Wildman–Crippen MR) is 156 cm³/mol. The molecule has 0 spiro atoms. The minimum atomic E-state index is -2.77. The highest BCUT2D eigenvalue weighted by molar-refractivity contribution is 5.95. The first-order chi connectivity index (χ1) is 20.9. The maximum Gasteiger partial charge on any atom is 0.296 e. The van der Waals surface area contributed by atoms with Crippen molar-refractivity contribution in [1.82, 2.24) is 30.0 Å². The van der Waals surface area contributed by atoms with E-state index in [9.17, 15) is 18.4 Å². The maximum atomic E-state index is 14.2. The number of ether oxygens (including phenoxy) is 2. The third kappa shape index (κ3) is 6.67. The van der Waals surface area contributed by atoms with E-state index in [1.54, 1.807) is 37.3 Å². The van der Waals surface area contributed by atoms with Crippen molar-refractivity contribution in [3.63, 3.8) is 0 Å². The van der Waals surface area contributed by atoms with E-state index in [2.05, 4.69) is 20.5 Å². The van der Waals surface area contributed by atoms with Crippen molar-refractivity contribution < 1.29 is 27.8 Å². The van der Waals surface area contributed by atoms with Gasteiger partial charge in [-0.15, -0.1) is 0 Å². The second-order valence-corrected chi connectivity index (χ2v) is 11.6. The van der Waals surface area contributed by atoms with E-state index >= 15 is 0 Å². The monoisotopic (exact) mass is 599 g/mol. The first kappa shape index (κ1) is 29.5. The number of piperidine rings is 1. The molecular formula is C30H39F2N7O4. The van der Waals surface area contributed by atoms with Crippen molar-refractivity contribution >= 4 is 34.6 Å². The van der Waals surface area contributed by atoms with Gasteiger partial charge < -0.3 is 25.0 Å².